The normalized spacial score (nSPS) is 34.3. The minimum Gasteiger partial charge on any atom is -0.377 e. The molecule has 1 N–H and O–H groups in total. The predicted molar refractivity (Wildman–Crippen MR) is 61.9 cm³/mol. The summed E-state index contributed by atoms with van der Waals surface area (Å²) >= 11 is 2.14. The van der Waals surface area contributed by atoms with E-state index < -0.39 is 0 Å². The number of rotatable bonds is 3. The first-order chi connectivity index (χ1) is 6.95. The third kappa shape index (κ3) is 3.44. The summed E-state index contributed by atoms with van der Waals surface area (Å²) in [5, 5.41) is 4.34. The Hall–Kier alpha value is 0.270. The Balaban J connectivity index is 1.62. The molecule has 0 aromatic heterocycles. The molecule has 0 amide bonds. The molecule has 2 heterocycles. The molecule has 0 bridgehead atoms. The van der Waals surface area contributed by atoms with Crippen LogP contribution in [0.15, 0.2) is 0 Å². The molecule has 2 saturated heterocycles. The van der Waals surface area contributed by atoms with Gasteiger partial charge in [-0.15, -0.1) is 0 Å². The summed E-state index contributed by atoms with van der Waals surface area (Å²) in [6.07, 6.45) is 7.22. The largest absolute Gasteiger partial charge is 0.377 e. The van der Waals surface area contributed by atoms with Gasteiger partial charge in [0.15, 0.2) is 0 Å². The zero-order chi connectivity index (χ0) is 9.64. The molecule has 2 unspecified atom stereocenters. The van der Waals surface area contributed by atoms with E-state index in [0.717, 1.165) is 11.9 Å². The van der Waals surface area contributed by atoms with E-state index in [0.29, 0.717) is 6.10 Å². The third-order valence-corrected chi connectivity index (χ3v) is 4.57. The Bertz CT molecular complexity index is 151. The van der Waals surface area contributed by atoms with Crippen molar-refractivity contribution in [1.82, 2.24) is 5.32 Å². The summed E-state index contributed by atoms with van der Waals surface area (Å²) in [4.78, 5) is 0. The van der Waals surface area contributed by atoms with Gasteiger partial charge in [0.2, 0.25) is 0 Å². The Morgan fingerprint density at radius 3 is 3.00 bits per heavy atom. The molecule has 2 atom stereocenters. The number of ether oxygens (including phenoxy) is 1. The van der Waals surface area contributed by atoms with E-state index in [-0.39, 0.29) is 0 Å². The second kappa shape index (κ2) is 5.99. The Morgan fingerprint density at radius 1 is 1.14 bits per heavy atom. The van der Waals surface area contributed by atoms with E-state index in [1.54, 1.807) is 0 Å². The second-order valence-corrected chi connectivity index (χ2v) is 5.60. The van der Waals surface area contributed by atoms with Gasteiger partial charge in [0.1, 0.15) is 0 Å². The number of thioether (sulfide) groups is 1. The van der Waals surface area contributed by atoms with Gasteiger partial charge in [0.05, 0.1) is 6.10 Å². The van der Waals surface area contributed by atoms with Gasteiger partial charge in [-0.25, -0.2) is 0 Å². The molecule has 0 aromatic carbocycles. The molecule has 14 heavy (non-hydrogen) atoms. The fraction of sp³-hybridized carbons (Fsp3) is 1.00. The van der Waals surface area contributed by atoms with Gasteiger partial charge in [-0.05, 0) is 45.2 Å². The van der Waals surface area contributed by atoms with E-state index in [1.807, 2.05) is 0 Å². The van der Waals surface area contributed by atoms with Crippen LogP contribution in [0.4, 0.5) is 0 Å². The SMILES string of the molecule is C1COC(CSC2CCCNCC2)C1. The lowest BCUT2D eigenvalue weighted by Gasteiger charge is -2.15. The van der Waals surface area contributed by atoms with Crippen LogP contribution in [0.3, 0.4) is 0 Å². The molecule has 2 fully saturated rings. The molecule has 82 valence electrons. The van der Waals surface area contributed by atoms with E-state index >= 15 is 0 Å². The number of hydrogen-bond acceptors (Lipinski definition) is 3. The lowest BCUT2D eigenvalue weighted by atomic mass is 10.2. The van der Waals surface area contributed by atoms with Crippen LogP contribution >= 0.6 is 11.8 Å². The number of hydrogen-bond donors (Lipinski definition) is 1. The average Bonchev–Trinajstić information content (AvgIpc) is 2.58. The summed E-state index contributed by atoms with van der Waals surface area (Å²) in [7, 11) is 0. The molecule has 3 heteroatoms. The first-order valence-electron chi connectivity index (χ1n) is 5.89. The van der Waals surface area contributed by atoms with Crippen molar-refractivity contribution >= 4 is 11.8 Å². The predicted octanol–water partition coefficient (Wildman–Crippen LogP) is 2.04. The minimum atomic E-state index is 0.566. The molecule has 0 saturated carbocycles. The van der Waals surface area contributed by atoms with Crippen molar-refractivity contribution in [3.05, 3.63) is 0 Å². The van der Waals surface area contributed by atoms with Gasteiger partial charge in [0, 0.05) is 17.6 Å². The Labute approximate surface area is 91.2 Å². The quantitative estimate of drug-likeness (QED) is 0.778. The van der Waals surface area contributed by atoms with Crippen molar-refractivity contribution in [1.29, 1.82) is 0 Å². The van der Waals surface area contributed by atoms with Crippen LogP contribution in [0.2, 0.25) is 0 Å². The lowest BCUT2D eigenvalue weighted by molar-refractivity contribution is 0.128. The van der Waals surface area contributed by atoms with Crippen molar-refractivity contribution < 1.29 is 4.74 Å². The number of nitrogens with one attached hydrogen (secondary N) is 1. The van der Waals surface area contributed by atoms with Crippen molar-refractivity contribution in [2.45, 2.75) is 43.5 Å². The van der Waals surface area contributed by atoms with Crippen LogP contribution in [0.25, 0.3) is 0 Å². The third-order valence-electron chi connectivity index (χ3n) is 3.06. The average molecular weight is 215 g/mol. The Kier molecular flexibility index (Phi) is 4.61. The topological polar surface area (TPSA) is 21.3 Å². The van der Waals surface area contributed by atoms with Crippen LogP contribution < -0.4 is 5.32 Å². The molecule has 0 spiro atoms. The molecule has 2 aliphatic heterocycles. The summed E-state index contributed by atoms with van der Waals surface area (Å²) in [5.74, 6) is 1.23. The highest BCUT2D eigenvalue weighted by molar-refractivity contribution is 7.99. The summed E-state index contributed by atoms with van der Waals surface area (Å²) in [5.41, 5.74) is 0. The fourth-order valence-corrected chi connectivity index (χ4v) is 3.54. The van der Waals surface area contributed by atoms with Crippen LogP contribution in [0.1, 0.15) is 32.1 Å². The van der Waals surface area contributed by atoms with E-state index in [4.69, 9.17) is 4.74 Å². The summed E-state index contributed by atoms with van der Waals surface area (Å²) in [6.45, 7) is 3.43. The molecular formula is C11H21NOS. The maximum Gasteiger partial charge on any atom is 0.0666 e. The zero-order valence-electron chi connectivity index (χ0n) is 8.84. The highest BCUT2D eigenvalue weighted by atomic mass is 32.2. The zero-order valence-corrected chi connectivity index (χ0v) is 9.65. The van der Waals surface area contributed by atoms with Crippen molar-refractivity contribution in [3.63, 3.8) is 0 Å². The highest BCUT2D eigenvalue weighted by Gasteiger charge is 2.18. The van der Waals surface area contributed by atoms with Crippen molar-refractivity contribution in [3.8, 4) is 0 Å². The lowest BCUT2D eigenvalue weighted by Crippen LogP contribution is -2.16. The first-order valence-corrected chi connectivity index (χ1v) is 6.94. The summed E-state index contributed by atoms with van der Waals surface area (Å²) in [6, 6.07) is 0. The molecule has 0 aromatic rings. The van der Waals surface area contributed by atoms with Gasteiger partial charge in [-0.3, -0.25) is 0 Å². The van der Waals surface area contributed by atoms with Crippen LogP contribution in [-0.4, -0.2) is 36.8 Å². The molecule has 2 rings (SSSR count). The second-order valence-electron chi connectivity index (χ2n) is 4.27. The summed E-state index contributed by atoms with van der Waals surface area (Å²) < 4.78 is 5.64. The van der Waals surface area contributed by atoms with E-state index in [9.17, 15) is 0 Å². The smallest absolute Gasteiger partial charge is 0.0666 e. The van der Waals surface area contributed by atoms with Crippen LogP contribution in [0, 0.1) is 0 Å². The molecular weight excluding hydrogens is 194 g/mol. The Morgan fingerprint density at radius 2 is 2.14 bits per heavy atom. The van der Waals surface area contributed by atoms with Gasteiger partial charge in [0.25, 0.3) is 0 Å². The maximum atomic E-state index is 5.64. The van der Waals surface area contributed by atoms with E-state index in [2.05, 4.69) is 17.1 Å². The minimum absolute atomic E-state index is 0.566. The fourth-order valence-electron chi connectivity index (χ4n) is 2.17. The molecule has 2 nitrogen and oxygen atoms in total. The van der Waals surface area contributed by atoms with Crippen molar-refractivity contribution in [2.24, 2.45) is 0 Å². The monoisotopic (exact) mass is 215 g/mol. The molecule has 2 aliphatic rings. The van der Waals surface area contributed by atoms with Gasteiger partial charge < -0.3 is 10.1 Å². The molecule has 0 aliphatic carbocycles. The highest BCUT2D eigenvalue weighted by Crippen LogP contribution is 2.25. The van der Waals surface area contributed by atoms with Gasteiger partial charge in [-0.1, -0.05) is 0 Å². The first kappa shape index (κ1) is 10.8. The maximum absolute atomic E-state index is 5.64. The van der Waals surface area contributed by atoms with Crippen molar-refractivity contribution in [2.75, 3.05) is 25.4 Å². The standard InChI is InChI=1S/C11H21NOS/c1-4-11(5-7-12-6-1)14-9-10-3-2-8-13-10/h10-12H,1-9H2. The molecule has 0 radical (unpaired) electrons. The van der Waals surface area contributed by atoms with Gasteiger partial charge >= 0.3 is 0 Å². The van der Waals surface area contributed by atoms with Crippen LogP contribution in [-0.2, 0) is 4.74 Å². The van der Waals surface area contributed by atoms with E-state index in [1.165, 1.54) is 50.9 Å². The van der Waals surface area contributed by atoms with Gasteiger partial charge in [-0.2, -0.15) is 11.8 Å². The van der Waals surface area contributed by atoms with Crippen LogP contribution in [0.5, 0.6) is 0 Å².